The highest BCUT2D eigenvalue weighted by molar-refractivity contribution is 6.46. The molecule has 0 spiro atoms. The van der Waals surface area contributed by atoms with Crippen LogP contribution in [0, 0.1) is 19.7 Å². The molecule has 188 valence electrons. The number of aromatic nitrogens is 1. The average Bonchev–Trinajstić information content (AvgIpc) is 3.27. The number of ketones is 1. The zero-order valence-electron chi connectivity index (χ0n) is 20.8. The number of benzene rings is 1. The quantitative estimate of drug-likeness (QED) is 0.243. The fraction of sp³-hybridized carbons (Fsp3) is 0.423. The molecule has 1 aromatic heterocycles. The largest absolute Gasteiger partial charge is 0.507 e. The molecule has 0 aliphatic carbocycles. The number of hydrogen-bond donors (Lipinski definition) is 2. The highest BCUT2D eigenvalue weighted by Gasteiger charge is 2.46. The van der Waals surface area contributed by atoms with E-state index in [0.29, 0.717) is 23.4 Å². The lowest BCUT2D eigenvalue weighted by Crippen LogP contribution is -2.38. The predicted molar refractivity (Wildman–Crippen MR) is 129 cm³/mol. The maximum atomic E-state index is 13.7. The first kappa shape index (κ1) is 26.2. The van der Waals surface area contributed by atoms with Gasteiger partial charge in [-0.3, -0.25) is 9.59 Å². The molecule has 0 bridgehead atoms. The molecule has 2 heterocycles. The number of nitrogens with one attached hydrogen (secondary N) is 1. The Morgan fingerprint density at radius 3 is 2.34 bits per heavy atom. The van der Waals surface area contributed by atoms with E-state index >= 15 is 0 Å². The van der Waals surface area contributed by atoms with E-state index in [1.54, 1.807) is 20.8 Å². The second-order valence-corrected chi connectivity index (χ2v) is 8.42. The highest BCUT2D eigenvalue weighted by Crippen LogP contribution is 2.40. The molecule has 8 nitrogen and oxygen atoms in total. The van der Waals surface area contributed by atoms with Gasteiger partial charge >= 0.3 is 5.97 Å². The average molecular weight is 486 g/mol. The molecule has 35 heavy (non-hydrogen) atoms. The van der Waals surface area contributed by atoms with Crippen molar-refractivity contribution in [1.29, 1.82) is 0 Å². The van der Waals surface area contributed by atoms with E-state index in [0.717, 1.165) is 13.1 Å². The van der Waals surface area contributed by atoms with Crippen LogP contribution < -0.4 is 0 Å². The molecule has 1 saturated heterocycles. The van der Waals surface area contributed by atoms with Gasteiger partial charge in [-0.05, 0) is 57.1 Å². The number of nitrogens with zero attached hydrogens (tertiary/aromatic N) is 2. The van der Waals surface area contributed by atoms with E-state index in [4.69, 9.17) is 4.74 Å². The number of hydrogen-bond acceptors (Lipinski definition) is 6. The maximum absolute atomic E-state index is 13.7. The minimum Gasteiger partial charge on any atom is -0.507 e. The standard InChI is InChI=1S/C26H32FN3O5/c1-6-29(7-2)13-14-30-22(17-9-11-18(27)12-10-17)20(24(32)25(30)33)23(31)19-15(4)21(28-16(19)5)26(34)35-8-3/h9-12,22,28,31H,6-8,13-14H2,1-5H3/b23-20+. The van der Waals surface area contributed by atoms with Gasteiger partial charge in [-0.2, -0.15) is 0 Å². The maximum Gasteiger partial charge on any atom is 0.355 e. The van der Waals surface area contributed by atoms with Crippen LogP contribution in [-0.4, -0.2) is 70.3 Å². The number of carbonyl (C=O) groups excluding carboxylic acids is 3. The van der Waals surface area contributed by atoms with Crippen LogP contribution >= 0.6 is 0 Å². The third-order valence-electron chi connectivity index (χ3n) is 6.43. The van der Waals surface area contributed by atoms with Crippen molar-refractivity contribution in [2.75, 3.05) is 32.8 Å². The van der Waals surface area contributed by atoms with Gasteiger partial charge in [0.2, 0.25) is 0 Å². The van der Waals surface area contributed by atoms with Gasteiger partial charge in [0.05, 0.1) is 18.2 Å². The monoisotopic (exact) mass is 485 g/mol. The third-order valence-corrected chi connectivity index (χ3v) is 6.43. The Morgan fingerprint density at radius 2 is 1.77 bits per heavy atom. The summed E-state index contributed by atoms with van der Waals surface area (Å²) >= 11 is 0. The van der Waals surface area contributed by atoms with E-state index in [1.807, 2.05) is 13.8 Å². The smallest absolute Gasteiger partial charge is 0.355 e. The summed E-state index contributed by atoms with van der Waals surface area (Å²) in [7, 11) is 0. The summed E-state index contributed by atoms with van der Waals surface area (Å²) in [6.45, 7) is 11.5. The molecule has 0 saturated carbocycles. The number of aliphatic hydroxyl groups excluding tert-OH is 1. The summed E-state index contributed by atoms with van der Waals surface area (Å²) in [4.78, 5) is 45.2. The molecule has 2 aromatic rings. The van der Waals surface area contributed by atoms with Crippen molar-refractivity contribution in [1.82, 2.24) is 14.8 Å². The fourth-order valence-electron chi connectivity index (χ4n) is 4.54. The molecular weight excluding hydrogens is 453 g/mol. The predicted octanol–water partition coefficient (Wildman–Crippen LogP) is 3.71. The van der Waals surface area contributed by atoms with Crippen LogP contribution in [0.3, 0.4) is 0 Å². The van der Waals surface area contributed by atoms with Crippen LogP contribution in [0.15, 0.2) is 29.8 Å². The van der Waals surface area contributed by atoms with Gasteiger partial charge in [-0.1, -0.05) is 26.0 Å². The van der Waals surface area contributed by atoms with E-state index in [2.05, 4.69) is 9.88 Å². The Hall–Kier alpha value is -3.46. The van der Waals surface area contributed by atoms with Gasteiger partial charge in [0.15, 0.2) is 0 Å². The number of ether oxygens (including phenoxy) is 1. The Morgan fingerprint density at radius 1 is 1.14 bits per heavy atom. The minimum atomic E-state index is -0.897. The van der Waals surface area contributed by atoms with E-state index in [9.17, 15) is 23.9 Å². The molecule has 3 rings (SSSR count). The fourth-order valence-corrected chi connectivity index (χ4v) is 4.54. The molecule has 1 fully saturated rings. The number of aliphatic hydroxyl groups is 1. The zero-order chi connectivity index (χ0) is 25.9. The van der Waals surface area contributed by atoms with Crippen molar-refractivity contribution in [2.24, 2.45) is 0 Å². The Kier molecular flexibility index (Phi) is 8.11. The first-order valence-electron chi connectivity index (χ1n) is 11.8. The lowest BCUT2D eigenvalue weighted by atomic mass is 9.94. The number of H-pyrrole nitrogens is 1. The Labute approximate surface area is 204 Å². The van der Waals surface area contributed by atoms with Crippen LogP contribution in [0.1, 0.15) is 59.7 Å². The summed E-state index contributed by atoms with van der Waals surface area (Å²) < 4.78 is 18.8. The number of likely N-dealkylation sites (N-methyl/N-ethyl adjacent to an activating group) is 1. The lowest BCUT2D eigenvalue weighted by molar-refractivity contribution is -0.140. The second kappa shape index (κ2) is 10.9. The summed E-state index contributed by atoms with van der Waals surface area (Å²) in [6.07, 6.45) is 0. The van der Waals surface area contributed by atoms with E-state index < -0.39 is 29.5 Å². The second-order valence-electron chi connectivity index (χ2n) is 8.42. The summed E-state index contributed by atoms with van der Waals surface area (Å²) in [5, 5.41) is 11.4. The number of amides is 1. The first-order valence-corrected chi connectivity index (χ1v) is 11.8. The summed E-state index contributed by atoms with van der Waals surface area (Å²) in [5.74, 6) is -2.98. The van der Waals surface area contributed by atoms with Crippen LogP contribution in [0.25, 0.3) is 5.76 Å². The Balaban J connectivity index is 2.16. The number of carbonyl (C=O) groups is 3. The zero-order valence-corrected chi connectivity index (χ0v) is 20.8. The number of aromatic amines is 1. The SMILES string of the molecule is CCOC(=O)c1[nH]c(C)c(/C(O)=C2\C(=O)C(=O)N(CCN(CC)CC)C2c2ccc(F)cc2)c1C. The number of halogens is 1. The summed E-state index contributed by atoms with van der Waals surface area (Å²) in [6, 6.07) is 4.62. The van der Waals surface area contributed by atoms with Crippen molar-refractivity contribution < 1.29 is 28.6 Å². The lowest BCUT2D eigenvalue weighted by Gasteiger charge is -2.28. The number of esters is 1. The molecule has 1 aliphatic heterocycles. The van der Waals surface area contributed by atoms with Crippen LogP contribution in [0.5, 0.6) is 0 Å². The van der Waals surface area contributed by atoms with Crippen LogP contribution in [0.2, 0.25) is 0 Å². The Bertz CT molecular complexity index is 1150. The van der Waals surface area contributed by atoms with Gasteiger partial charge in [-0.25, -0.2) is 9.18 Å². The third kappa shape index (κ3) is 5.00. The van der Waals surface area contributed by atoms with Gasteiger partial charge < -0.3 is 24.6 Å². The van der Waals surface area contributed by atoms with Gasteiger partial charge in [0.1, 0.15) is 17.3 Å². The topological polar surface area (TPSA) is 103 Å². The van der Waals surface area contributed by atoms with Gasteiger partial charge in [-0.15, -0.1) is 0 Å². The number of rotatable bonds is 9. The number of aryl methyl sites for hydroxylation is 1. The molecule has 1 aliphatic rings. The molecule has 2 N–H and O–H groups in total. The van der Waals surface area contributed by atoms with Crippen molar-refractivity contribution in [2.45, 2.75) is 40.7 Å². The van der Waals surface area contributed by atoms with E-state index in [1.165, 1.54) is 29.2 Å². The minimum absolute atomic E-state index is 0.0956. The van der Waals surface area contributed by atoms with Crippen molar-refractivity contribution >= 4 is 23.4 Å². The normalized spacial score (nSPS) is 17.5. The number of likely N-dealkylation sites (tertiary alicyclic amines) is 1. The molecule has 1 atom stereocenters. The number of Topliss-reactive ketones (excluding diaryl/α,β-unsaturated/α-hetero) is 1. The van der Waals surface area contributed by atoms with Crippen LogP contribution in [0.4, 0.5) is 4.39 Å². The molecular formula is C26H32FN3O5. The molecule has 1 aromatic carbocycles. The van der Waals surface area contributed by atoms with Crippen molar-refractivity contribution in [3.8, 4) is 0 Å². The van der Waals surface area contributed by atoms with Crippen LogP contribution in [-0.2, 0) is 14.3 Å². The van der Waals surface area contributed by atoms with Gasteiger partial charge in [0, 0.05) is 24.3 Å². The van der Waals surface area contributed by atoms with Crippen molar-refractivity contribution in [3.63, 3.8) is 0 Å². The van der Waals surface area contributed by atoms with E-state index in [-0.39, 0.29) is 35.7 Å². The molecule has 1 amide bonds. The first-order chi connectivity index (χ1) is 16.7. The summed E-state index contributed by atoms with van der Waals surface area (Å²) in [5.41, 5.74) is 1.70. The van der Waals surface area contributed by atoms with Crippen molar-refractivity contribution in [3.05, 3.63) is 63.7 Å². The van der Waals surface area contributed by atoms with Gasteiger partial charge in [0.25, 0.3) is 11.7 Å². The molecule has 0 radical (unpaired) electrons. The highest BCUT2D eigenvalue weighted by atomic mass is 19.1. The molecule has 1 unspecified atom stereocenters. The molecule has 9 heteroatoms.